The standard InChI is InChI=1S/C20H28N2O3S/c1-2-21-26(24,25)19-13-8-16(9-14-19)10-15-20(23)22(18-11-12-18)17-6-4-3-5-7-17/h8-10,13-15,17-18,21H,2-7,11-12H2,1H3/b15-10+. The van der Waals surface area contributed by atoms with Crippen molar-refractivity contribution in [1.29, 1.82) is 0 Å². The summed E-state index contributed by atoms with van der Waals surface area (Å²) in [5.41, 5.74) is 0.827. The third-order valence-electron chi connectivity index (χ3n) is 5.11. The van der Waals surface area contributed by atoms with Gasteiger partial charge in [0.05, 0.1) is 4.90 Å². The highest BCUT2D eigenvalue weighted by Crippen LogP contribution is 2.34. The Bertz CT molecular complexity index is 746. The lowest BCUT2D eigenvalue weighted by Gasteiger charge is -2.34. The van der Waals surface area contributed by atoms with E-state index in [1.807, 2.05) is 0 Å². The second kappa shape index (κ2) is 8.35. The molecule has 1 aromatic rings. The second-order valence-corrected chi connectivity index (χ2v) is 8.94. The zero-order chi connectivity index (χ0) is 18.6. The van der Waals surface area contributed by atoms with Gasteiger partial charge in [0.25, 0.3) is 0 Å². The van der Waals surface area contributed by atoms with E-state index >= 15 is 0 Å². The highest BCUT2D eigenvalue weighted by Gasteiger charge is 2.36. The number of hydrogen-bond donors (Lipinski definition) is 1. The molecular weight excluding hydrogens is 348 g/mol. The number of nitrogens with zero attached hydrogens (tertiary/aromatic N) is 1. The molecule has 2 aliphatic carbocycles. The van der Waals surface area contributed by atoms with Crippen LogP contribution >= 0.6 is 0 Å². The van der Waals surface area contributed by atoms with Gasteiger partial charge in [-0.1, -0.05) is 38.3 Å². The van der Waals surface area contributed by atoms with E-state index in [1.165, 1.54) is 19.3 Å². The molecule has 0 radical (unpaired) electrons. The van der Waals surface area contributed by atoms with Crippen LogP contribution in [0.3, 0.4) is 0 Å². The van der Waals surface area contributed by atoms with Crippen LogP contribution in [0.2, 0.25) is 0 Å². The van der Waals surface area contributed by atoms with E-state index in [0.29, 0.717) is 18.6 Å². The highest BCUT2D eigenvalue weighted by atomic mass is 32.2. The molecule has 6 heteroatoms. The molecule has 5 nitrogen and oxygen atoms in total. The van der Waals surface area contributed by atoms with Gasteiger partial charge in [-0.3, -0.25) is 4.79 Å². The van der Waals surface area contributed by atoms with Crippen LogP contribution in [0.15, 0.2) is 35.2 Å². The maximum atomic E-state index is 12.7. The summed E-state index contributed by atoms with van der Waals surface area (Å²) >= 11 is 0. The van der Waals surface area contributed by atoms with Crippen LogP contribution in [-0.2, 0) is 14.8 Å². The lowest BCUT2D eigenvalue weighted by Crippen LogP contribution is -2.42. The zero-order valence-corrected chi connectivity index (χ0v) is 16.2. The van der Waals surface area contributed by atoms with Crippen LogP contribution < -0.4 is 4.72 Å². The first kappa shape index (κ1) is 19.1. The minimum absolute atomic E-state index is 0.0868. The Kier molecular flexibility index (Phi) is 6.14. The lowest BCUT2D eigenvalue weighted by atomic mass is 9.94. The molecule has 0 aromatic heterocycles. The average Bonchev–Trinajstić information content (AvgIpc) is 3.46. The summed E-state index contributed by atoms with van der Waals surface area (Å²) in [7, 11) is -3.44. The Morgan fingerprint density at radius 3 is 2.27 bits per heavy atom. The summed E-state index contributed by atoms with van der Waals surface area (Å²) in [4.78, 5) is 15.1. The summed E-state index contributed by atoms with van der Waals surface area (Å²) in [6.45, 7) is 2.11. The topological polar surface area (TPSA) is 66.5 Å². The van der Waals surface area contributed by atoms with E-state index in [4.69, 9.17) is 0 Å². The minimum Gasteiger partial charge on any atom is -0.333 e. The predicted octanol–water partition coefficient (Wildman–Crippen LogP) is 3.32. The number of nitrogens with one attached hydrogen (secondary N) is 1. The van der Waals surface area contributed by atoms with Crippen LogP contribution in [-0.4, -0.2) is 37.9 Å². The average molecular weight is 377 g/mol. The van der Waals surface area contributed by atoms with Gasteiger partial charge in [-0.2, -0.15) is 0 Å². The number of rotatable bonds is 7. The van der Waals surface area contributed by atoms with Gasteiger partial charge >= 0.3 is 0 Å². The summed E-state index contributed by atoms with van der Waals surface area (Å²) < 4.78 is 26.4. The van der Waals surface area contributed by atoms with Crippen molar-refractivity contribution in [1.82, 2.24) is 9.62 Å². The van der Waals surface area contributed by atoms with Gasteiger partial charge in [0.1, 0.15) is 0 Å². The lowest BCUT2D eigenvalue weighted by molar-refractivity contribution is -0.129. The van der Waals surface area contributed by atoms with E-state index in [9.17, 15) is 13.2 Å². The molecule has 1 N–H and O–H groups in total. The maximum Gasteiger partial charge on any atom is 0.247 e. The third kappa shape index (κ3) is 4.74. The molecule has 3 rings (SSSR count). The van der Waals surface area contributed by atoms with Gasteiger partial charge in [0, 0.05) is 24.7 Å². The predicted molar refractivity (Wildman–Crippen MR) is 103 cm³/mol. The molecule has 0 heterocycles. The smallest absolute Gasteiger partial charge is 0.247 e. The minimum atomic E-state index is -3.44. The van der Waals surface area contributed by atoms with Gasteiger partial charge in [-0.25, -0.2) is 13.1 Å². The largest absolute Gasteiger partial charge is 0.333 e. The van der Waals surface area contributed by atoms with E-state index < -0.39 is 10.0 Å². The van der Waals surface area contributed by atoms with Gasteiger partial charge < -0.3 is 4.90 Å². The Hall–Kier alpha value is -1.66. The van der Waals surface area contributed by atoms with Crippen molar-refractivity contribution in [3.63, 3.8) is 0 Å². The fraction of sp³-hybridized carbons (Fsp3) is 0.550. The molecule has 2 aliphatic rings. The fourth-order valence-electron chi connectivity index (χ4n) is 3.65. The van der Waals surface area contributed by atoms with Crippen LogP contribution in [0.4, 0.5) is 0 Å². The van der Waals surface area contributed by atoms with Crippen molar-refractivity contribution in [3.8, 4) is 0 Å². The zero-order valence-electron chi connectivity index (χ0n) is 15.4. The normalized spacial score (nSPS) is 19.0. The molecule has 0 saturated heterocycles. The molecule has 1 amide bonds. The van der Waals surface area contributed by atoms with Crippen LogP contribution in [0.1, 0.15) is 57.4 Å². The number of hydrogen-bond acceptors (Lipinski definition) is 3. The number of benzene rings is 1. The Morgan fingerprint density at radius 2 is 1.69 bits per heavy atom. The number of amides is 1. The third-order valence-corrected chi connectivity index (χ3v) is 6.67. The monoisotopic (exact) mass is 376 g/mol. The summed E-state index contributed by atoms with van der Waals surface area (Å²) in [5.74, 6) is 0.0868. The number of carbonyl (C=O) groups is 1. The number of sulfonamides is 1. The van der Waals surface area contributed by atoms with Crippen molar-refractivity contribution in [2.24, 2.45) is 0 Å². The van der Waals surface area contributed by atoms with Crippen LogP contribution in [0.5, 0.6) is 0 Å². The highest BCUT2D eigenvalue weighted by molar-refractivity contribution is 7.89. The van der Waals surface area contributed by atoms with E-state index in [0.717, 1.165) is 31.2 Å². The molecule has 0 atom stereocenters. The molecule has 142 valence electrons. The Labute approximate surface area is 156 Å². The molecule has 2 fully saturated rings. The van der Waals surface area contributed by atoms with Gasteiger partial charge in [0.15, 0.2) is 0 Å². The van der Waals surface area contributed by atoms with Gasteiger partial charge in [-0.05, 0) is 49.5 Å². The van der Waals surface area contributed by atoms with E-state index in [1.54, 1.807) is 43.3 Å². The summed E-state index contributed by atoms with van der Waals surface area (Å²) in [6, 6.07) is 7.42. The molecule has 1 aromatic carbocycles. The molecule has 0 bridgehead atoms. The van der Waals surface area contributed by atoms with Gasteiger partial charge in [0.2, 0.25) is 15.9 Å². The van der Waals surface area contributed by atoms with Crippen LogP contribution in [0, 0.1) is 0 Å². The van der Waals surface area contributed by atoms with Crippen LogP contribution in [0.25, 0.3) is 6.08 Å². The first-order valence-corrected chi connectivity index (χ1v) is 11.1. The first-order valence-electron chi connectivity index (χ1n) is 9.61. The van der Waals surface area contributed by atoms with Crippen molar-refractivity contribution in [2.45, 2.75) is 68.8 Å². The molecule has 0 spiro atoms. The Balaban J connectivity index is 1.67. The SMILES string of the molecule is CCNS(=O)(=O)c1ccc(/C=C/C(=O)N(C2CCCCC2)C2CC2)cc1. The first-order chi connectivity index (χ1) is 12.5. The van der Waals surface area contributed by atoms with Crippen molar-refractivity contribution >= 4 is 22.0 Å². The van der Waals surface area contributed by atoms with Crippen molar-refractivity contribution < 1.29 is 13.2 Å². The molecule has 26 heavy (non-hydrogen) atoms. The number of carbonyl (C=O) groups excluding carboxylic acids is 1. The summed E-state index contributed by atoms with van der Waals surface area (Å²) in [5, 5.41) is 0. The quantitative estimate of drug-likeness (QED) is 0.743. The van der Waals surface area contributed by atoms with E-state index in [-0.39, 0.29) is 10.8 Å². The maximum absolute atomic E-state index is 12.7. The van der Waals surface area contributed by atoms with Gasteiger partial charge in [-0.15, -0.1) is 0 Å². The van der Waals surface area contributed by atoms with Crippen molar-refractivity contribution in [3.05, 3.63) is 35.9 Å². The molecular formula is C20H28N2O3S. The van der Waals surface area contributed by atoms with E-state index in [2.05, 4.69) is 9.62 Å². The molecule has 2 saturated carbocycles. The Morgan fingerprint density at radius 1 is 1.08 bits per heavy atom. The second-order valence-electron chi connectivity index (χ2n) is 7.17. The summed E-state index contributed by atoms with van der Waals surface area (Å²) in [6.07, 6.45) is 11.6. The fourth-order valence-corrected chi connectivity index (χ4v) is 4.70. The molecule has 0 aliphatic heterocycles. The molecule has 0 unspecified atom stereocenters. The van der Waals surface area contributed by atoms with Crippen molar-refractivity contribution in [2.75, 3.05) is 6.54 Å².